The number of carbonyl (C=O) groups excluding carboxylic acids is 2. The van der Waals surface area contributed by atoms with Gasteiger partial charge in [-0.25, -0.2) is 0 Å². The van der Waals surface area contributed by atoms with Gasteiger partial charge >= 0.3 is 0 Å². The summed E-state index contributed by atoms with van der Waals surface area (Å²) in [5.74, 6) is -0.148. The molecule has 0 aliphatic carbocycles. The van der Waals surface area contributed by atoms with Crippen LogP contribution in [0.5, 0.6) is 0 Å². The molecule has 4 rings (SSSR count). The summed E-state index contributed by atoms with van der Waals surface area (Å²) in [5.41, 5.74) is 4.45. The van der Waals surface area contributed by atoms with Crippen molar-refractivity contribution >= 4 is 98.1 Å². The quantitative estimate of drug-likeness (QED) is 0.111. The largest absolute Gasteiger partial charge is 0.308 e. The van der Waals surface area contributed by atoms with Gasteiger partial charge < -0.3 is 9.80 Å². The molecule has 8 heteroatoms. The predicted molar refractivity (Wildman–Crippen MR) is 200 cm³/mol. The van der Waals surface area contributed by atoms with Crippen molar-refractivity contribution in [1.82, 2.24) is 0 Å². The zero-order chi connectivity index (χ0) is 31.6. The van der Waals surface area contributed by atoms with Gasteiger partial charge in [0.05, 0.1) is 22.5 Å². The summed E-state index contributed by atoms with van der Waals surface area (Å²) in [6.45, 7) is 5.79. The van der Waals surface area contributed by atoms with Crippen LogP contribution in [-0.4, -0.2) is 24.9 Å². The minimum atomic E-state index is -0.0739. The molecule has 0 N–H and O–H groups in total. The zero-order valence-corrected chi connectivity index (χ0v) is 32.6. The fraction of sp³-hybridized carbons (Fsp3) is 0.556. The number of amides is 2. The summed E-state index contributed by atoms with van der Waals surface area (Å²) in [6.07, 6.45) is 19.3. The molecule has 0 aromatic heterocycles. The Morgan fingerprint density at radius 1 is 0.455 bits per heavy atom. The van der Waals surface area contributed by atoms with Crippen molar-refractivity contribution in [3.05, 3.63) is 53.3 Å². The van der Waals surface area contributed by atoms with Crippen LogP contribution < -0.4 is 9.80 Å². The molecule has 0 saturated carbocycles. The SMILES string of the molecule is CCCCCCCCCCN1C(=O)/C(=C2\C(=O)N(CCCCCCCCCC)c3cc(Br)c(Br)cc32)c2cc(Br)c(Br)cc21. The first-order valence-electron chi connectivity index (χ1n) is 16.7. The Bertz CT molecular complexity index is 1250. The topological polar surface area (TPSA) is 40.6 Å². The Balaban J connectivity index is 1.57. The third-order valence-electron chi connectivity index (χ3n) is 8.84. The Kier molecular flexibility index (Phi) is 14.5. The van der Waals surface area contributed by atoms with Crippen molar-refractivity contribution in [3.63, 3.8) is 0 Å². The molecule has 0 radical (unpaired) electrons. The molecule has 0 saturated heterocycles. The number of hydrogen-bond acceptors (Lipinski definition) is 2. The molecular weight excluding hydrogens is 812 g/mol. The fourth-order valence-corrected chi connectivity index (χ4v) is 7.72. The molecule has 2 heterocycles. The van der Waals surface area contributed by atoms with Crippen LogP contribution >= 0.6 is 63.7 Å². The van der Waals surface area contributed by atoms with E-state index < -0.39 is 0 Å². The Labute approximate surface area is 298 Å². The molecule has 0 atom stereocenters. The second-order valence-electron chi connectivity index (χ2n) is 12.2. The Morgan fingerprint density at radius 3 is 1.09 bits per heavy atom. The van der Waals surface area contributed by atoms with Crippen LogP contribution in [0.2, 0.25) is 0 Å². The van der Waals surface area contributed by atoms with Gasteiger partial charge in [0.1, 0.15) is 0 Å². The summed E-state index contributed by atoms with van der Waals surface area (Å²) in [4.78, 5) is 32.3. The van der Waals surface area contributed by atoms with Gasteiger partial charge in [-0.05, 0) is 101 Å². The molecule has 2 aromatic rings. The van der Waals surface area contributed by atoms with Crippen molar-refractivity contribution in [2.24, 2.45) is 0 Å². The lowest BCUT2D eigenvalue weighted by Crippen LogP contribution is -2.30. The van der Waals surface area contributed by atoms with Crippen LogP contribution in [0.15, 0.2) is 42.2 Å². The molecule has 0 bridgehead atoms. The van der Waals surface area contributed by atoms with Gasteiger partial charge in [-0.2, -0.15) is 0 Å². The van der Waals surface area contributed by atoms with Crippen molar-refractivity contribution in [2.75, 3.05) is 22.9 Å². The van der Waals surface area contributed by atoms with Gasteiger partial charge in [-0.1, -0.05) is 104 Å². The average molecular weight is 858 g/mol. The molecule has 2 aliphatic heterocycles. The number of carbonyl (C=O) groups is 2. The smallest absolute Gasteiger partial charge is 0.259 e. The fourth-order valence-electron chi connectivity index (χ4n) is 6.37. The molecule has 0 fully saturated rings. The zero-order valence-electron chi connectivity index (χ0n) is 26.3. The maximum Gasteiger partial charge on any atom is 0.259 e. The first-order valence-corrected chi connectivity index (χ1v) is 19.8. The van der Waals surface area contributed by atoms with Crippen molar-refractivity contribution in [1.29, 1.82) is 0 Å². The van der Waals surface area contributed by atoms with Gasteiger partial charge in [-0.15, -0.1) is 0 Å². The molecule has 44 heavy (non-hydrogen) atoms. The standard InChI is InChI=1S/C36H46Br4N2O2/c1-3-5-7-9-11-13-15-17-19-41-31-23-29(39)27(37)21-25(31)33(35(41)43)34-26-22-28(38)30(40)24-32(26)42(36(34)44)20-18-16-14-12-10-8-6-4-2/h21-24H,3-20H2,1-2H3/b34-33-. The summed E-state index contributed by atoms with van der Waals surface area (Å²) in [7, 11) is 0. The third kappa shape index (κ3) is 8.68. The molecule has 2 aromatic carbocycles. The highest BCUT2D eigenvalue weighted by Crippen LogP contribution is 2.50. The molecule has 0 unspecified atom stereocenters. The van der Waals surface area contributed by atoms with Gasteiger partial charge in [0.25, 0.3) is 11.8 Å². The van der Waals surface area contributed by atoms with E-state index in [9.17, 15) is 9.59 Å². The molecule has 2 aliphatic rings. The minimum absolute atomic E-state index is 0.0739. The van der Waals surface area contributed by atoms with E-state index in [1.165, 1.54) is 77.0 Å². The van der Waals surface area contributed by atoms with Crippen molar-refractivity contribution < 1.29 is 9.59 Å². The maximum absolute atomic E-state index is 14.3. The number of nitrogens with zero attached hydrogens (tertiary/aromatic N) is 2. The number of benzene rings is 2. The van der Waals surface area contributed by atoms with Crippen molar-refractivity contribution in [2.45, 2.75) is 117 Å². The van der Waals surface area contributed by atoms with Crippen LogP contribution in [-0.2, 0) is 9.59 Å². The van der Waals surface area contributed by atoms with E-state index in [0.29, 0.717) is 24.2 Å². The lowest BCUT2D eigenvalue weighted by molar-refractivity contribution is -0.114. The summed E-state index contributed by atoms with van der Waals surface area (Å²) < 4.78 is 3.54. The first-order chi connectivity index (χ1) is 21.3. The highest BCUT2D eigenvalue weighted by Gasteiger charge is 2.42. The van der Waals surface area contributed by atoms with Gasteiger partial charge in [0.15, 0.2) is 0 Å². The number of halogens is 4. The van der Waals surface area contributed by atoms with E-state index >= 15 is 0 Å². The third-order valence-corrected chi connectivity index (χ3v) is 12.5. The second kappa shape index (κ2) is 17.8. The lowest BCUT2D eigenvalue weighted by atomic mass is 9.96. The van der Waals surface area contributed by atoms with Crippen LogP contribution in [0.3, 0.4) is 0 Å². The Morgan fingerprint density at radius 2 is 0.750 bits per heavy atom. The maximum atomic E-state index is 14.3. The number of fused-ring (bicyclic) bond motifs is 2. The van der Waals surface area contributed by atoms with Gasteiger partial charge in [-0.3, -0.25) is 9.59 Å². The average Bonchev–Trinajstić information content (AvgIpc) is 3.40. The van der Waals surface area contributed by atoms with E-state index in [2.05, 4.69) is 77.6 Å². The molecular formula is C36H46Br4N2O2. The van der Waals surface area contributed by atoms with Gasteiger partial charge in [0, 0.05) is 42.1 Å². The van der Waals surface area contributed by atoms with Crippen LogP contribution in [0.1, 0.15) is 128 Å². The predicted octanol–water partition coefficient (Wildman–Crippen LogP) is 12.6. The molecule has 240 valence electrons. The first kappa shape index (κ1) is 35.9. The van der Waals surface area contributed by atoms with E-state index in [-0.39, 0.29) is 11.8 Å². The van der Waals surface area contributed by atoms with E-state index in [1.54, 1.807) is 0 Å². The molecule has 0 spiro atoms. The number of hydrogen-bond donors (Lipinski definition) is 0. The summed E-state index contributed by atoms with van der Waals surface area (Å²) >= 11 is 14.6. The van der Waals surface area contributed by atoms with Crippen molar-refractivity contribution in [3.8, 4) is 0 Å². The van der Waals surface area contributed by atoms with E-state index in [0.717, 1.165) is 66.1 Å². The lowest BCUT2D eigenvalue weighted by Gasteiger charge is -2.18. The highest BCUT2D eigenvalue weighted by molar-refractivity contribution is 9.13. The monoisotopic (exact) mass is 854 g/mol. The van der Waals surface area contributed by atoms with Gasteiger partial charge in [0.2, 0.25) is 0 Å². The second-order valence-corrected chi connectivity index (χ2v) is 15.6. The minimum Gasteiger partial charge on any atom is -0.308 e. The number of unbranched alkanes of at least 4 members (excludes halogenated alkanes) is 14. The van der Waals surface area contributed by atoms with Crippen LogP contribution in [0, 0.1) is 0 Å². The normalized spacial score (nSPS) is 16.0. The van der Waals surface area contributed by atoms with E-state index in [4.69, 9.17) is 0 Å². The van der Waals surface area contributed by atoms with E-state index in [1.807, 2.05) is 34.1 Å². The summed E-state index contributed by atoms with van der Waals surface area (Å²) in [6, 6.07) is 8.03. The summed E-state index contributed by atoms with van der Waals surface area (Å²) in [5, 5.41) is 0. The molecule has 4 nitrogen and oxygen atoms in total. The highest BCUT2D eigenvalue weighted by atomic mass is 79.9. The molecule has 2 amide bonds. The Hall–Kier alpha value is -0.960. The van der Waals surface area contributed by atoms with Crippen LogP contribution in [0.4, 0.5) is 11.4 Å². The number of rotatable bonds is 18. The van der Waals surface area contributed by atoms with Crippen LogP contribution in [0.25, 0.3) is 11.1 Å². The number of anilines is 2.